The van der Waals surface area contributed by atoms with Crippen LogP contribution >= 0.6 is 0 Å². The first-order chi connectivity index (χ1) is 8.65. The van der Waals surface area contributed by atoms with E-state index in [2.05, 4.69) is 5.10 Å². The summed E-state index contributed by atoms with van der Waals surface area (Å²) >= 11 is 0. The molecule has 4 heteroatoms. The third-order valence-corrected chi connectivity index (χ3v) is 2.76. The number of para-hydroxylation sites is 1. The van der Waals surface area contributed by atoms with Gasteiger partial charge in [-0.2, -0.15) is 5.10 Å². The van der Waals surface area contributed by atoms with Crippen LogP contribution in [0.15, 0.2) is 36.5 Å². The summed E-state index contributed by atoms with van der Waals surface area (Å²) in [6, 6.07) is 9.75. The number of benzene rings is 1. The lowest BCUT2D eigenvalue weighted by atomic mass is 10.1. The van der Waals surface area contributed by atoms with Crippen molar-refractivity contribution in [2.75, 3.05) is 7.11 Å². The highest BCUT2D eigenvalue weighted by molar-refractivity contribution is 5.90. The van der Waals surface area contributed by atoms with Crippen LogP contribution in [0, 0.1) is 0 Å². The quantitative estimate of drug-likeness (QED) is 0.780. The summed E-state index contributed by atoms with van der Waals surface area (Å²) in [6.45, 7) is 4.06. The third kappa shape index (κ3) is 2.14. The molecule has 0 unspecified atom stereocenters. The minimum absolute atomic E-state index is 0.182. The Balaban J connectivity index is 2.56. The lowest BCUT2D eigenvalue weighted by molar-refractivity contribution is 0.0599. The van der Waals surface area contributed by atoms with Crippen molar-refractivity contribution in [3.8, 4) is 5.69 Å². The van der Waals surface area contributed by atoms with E-state index in [1.54, 1.807) is 10.9 Å². The molecular weight excluding hydrogens is 228 g/mol. The second kappa shape index (κ2) is 5.04. The number of ether oxygens (including phenoxy) is 1. The monoisotopic (exact) mass is 244 g/mol. The molecule has 1 aromatic carbocycles. The predicted octanol–water partition coefficient (Wildman–Crippen LogP) is 2.78. The number of methoxy groups -OCH3 is 1. The normalized spacial score (nSPS) is 10.7. The molecule has 0 saturated carbocycles. The summed E-state index contributed by atoms with van der Waals surface area (Å²) in [5.74, 6) is -0.164. The molecule has 0 bridgehead atoms. The van der Waals surface area contributed by atoms with Gasteiger partial charge in [-0.1, -0.05) is 32.0 Å². The zero-order chi connectivity index (χ0) is 13.1. The van der Waals surface area contributed by atoms with Crippen molar-refractivity contribution in [3.05, 3.63) is 47.8 Å². The maximum Gasteiger partial charge on any atom is 0.341 e. The number of carbonyl (C=O) groups is 1. The highest BCUT2D eigenvalue weighted by Gasteiger charge is 2.20. The maximum atomic E-state index is 11.7. The summed E-state index contributed by atoms with van der Waals surface area (Å²) in [6.07, 6.45) is 1.56. The molecule has 0 fully saturated rings. The van der Waals surface area contributed by atoms with Gasteiger partial charge in [0.25, 0.3) is 0 Å². The molecule has 4 nitrogen and oxygen atoms in total. The minimum atomic E-state index is -0.346. The van der Waals surface area contributed by atoms with Crippen LogP contribution in [-0.2, 0) is 4.74 Å². The molecule has 0 N–H and O–H groups in total. The second-order valence-electron chi connectivity index (χ2n) is 4.34. The molecule has 0 radical (unpaired) electrons. The van der Waals surface area contributed by atoms with Gasteiger partial charge in [-0.3, -0.25) is 0 Å². The van der Waals surface area contributed by atoms with Gasteiger partial charge in [0.2, 0.25) is 0 Å². The van der Waals surface area contributed by atoms with E-state index in [1.165, 1.54) is 7.11 Å². The molecule has 2 rings (SSSR count). The highest BCUT2D eigenvalue weighted by Crippen LogP contribution is 2.23. The predicted molar refractivity (Wildman–Crippen MR) is 69.0 cm³/mol. The molecule has 0 amide bonds. The summed E-state index contributed by atoms with van der Waals surface area (Å²) in [7, 11) is 1.38. The van der Waals surface area contributed by atoms with E-state index >= 15 is 0 Å². The molecular formula is C14H16N2O2. The van der Waals surface area contributed by atoms with Crippen molar-refractivity contribution in [1.29, 1.82) is 0 Å². The molecule has 0 atom stereocenters. The van der Waals surface area contributed by atoms with Crippen molar-refractivity contribution in [2.45, 2.75) is 19.8 Å². The van der Waals surface area contributed by atoms with E-state index in [0.29, 0.717) is 5.56 Å². The van der Waals surface area contributed by atoms with Crippen molar-refractivity contribution >= 4 is 5.97 Å². The molecule has 1 heterocycles. The Labute approximate surface area is 106 Å². The van der Waals surface area contributed by atoms with Gasteiger partial charge >= 0.3 is 5.97 Å². The lowest BCUT2D eigenvalue weighted by Gasteiger charge is -2.11. The molecule has 1 aromatic heterocycles. The molecule has 94 valence electrons. The fourth-order valence-electron chi connectivity index (χ4n) is 1.96. The van der Waals surface area contributed by atoms with Gasteiger partial charge in [0.05, 0.1) is 24.7 Å². The highest BCUT2D eigenvalue weighted by atomic mass is 16.5. The smallest absolute Gasteiger partial charge is 0.341 e. The van der Waals surface area contributed by atoms with Crippen molar-refractivity contribution in [3.63, 3.8) is 0 Å². The van der Waals surface area contributed by atoms with Crippen molar-refractivity contribution in [2.24, 2.45) is 0 Å². The summed E-state index contributed by atoms with van der Waals surface area (Å²) < 4.78 is 6.57. The van der Waals surface area contributed by atoms with Gasteiger partial charge in [-0.05, 0) is 18.1 Å². The van der Waals surface area contributed by atoms with E-state index in [4.69, 9.17) is 4.74 Å². The number of nitrogens with zero attached hydrogens (tertiary/aromatic N) is 2. The van der Waals surface area contributed by atoms with E-state index in [9.17, 15) is 4.79 Å². The Kier molecular flexibility index (Phi) is 3.46. The second-order valence-corrected chi connectivity index (χ2v) is 4.34. The van der Waals surface area contributed by atoms with Gasteiger partial charge < -0.3 is 4.74 Å². The van der Waals surface area contributed by atoms with Crippen LogP contribution in [-0.4, -0.2) is 22.9 Å². The average Bonchev–Trinajstić information content (AvgIpc) is 2.83. The zero-order valence-corrected chi connectivity index (χ0v) is 10.8. The Bertz CT molecular complexity index is 544. The molecule has 2 aromatic rings. The number of esters is 1. The van der Waals surface area contributed by atoms with Crippen molar-refractivity contribution in [1.82, 2.24) is 9.78 Å². The largest absolute Gasteiger partial charge is 0.465 e. The van der Waals surface area contributed by atoms with E-state index in [-0.39, 0.29) is 11.9 Å². The van der Waals surface area contributed by atoms with Crippen molar-refractivity contribution < 1.29 is 9.53 Å². The maximum absolute atomic E-state index is 11.7. The van der Waals surface area contributed by atoms with Crippen LogP contribution in [0.5, 0.6) is 0 Å². The van der Waals surface area contributed by atoms with Gasteiger partial charge in [0.1, 0.15) is 5.56 Å². The number of hydrogen-bond donors (Lipinski definition) is 0. The molecule has 0 saturated heterocycles. The topological polar surface area (TPSA) is 44.1 Å². The first-order valence-corrected chi connectivity index (χ1v) is 5.86. The SMILES string of the molecule is COC(=O)c1cnn(-c2ccccc2)c1C(C)C. The zero-order valence-electron chi connectivity index (χ0n) is 10.8. The molecule has 0 aliphatic heterocycles. The van der Waals surface area contributed by atoms with Crippen LogP contribution in [0.4, 0.5) is 0 Å². The number of aromatic nitrogens is 2. The van der Waals surface area contributed by atoms with Crippen LogP contribution in [0.1, 0.15) is 35.8 Å². The third-order valence-electron chi connectivity index (χ3n) is 2.76. The number of rotatable bonds is 3. The molecule has 0 spiro atoms. The molecule has 0 aliphatic carbocycles. The first-order valence-electron chi connectivity index (χ1n) is 5.86. The standard InChI is InChI=1S/C14H16N2O2/c1-10(2)13-12(14(17)18-3)9-15-16(13)11-7-5-4-6-8-11/h4-10H,1-3H3. The van der Waals surface area contributed by atoms with Crippen LogP contribution < -0.4 is 0 Å². The van der Waals surface area contributed by atoms with Crippen LogP contribution in [0.3, 0.4) is 0 Å². The van der Waals surface area contributed by atoms with E-state index in [0.717, 1.165) is 11.4 Å². The van der Waals surface area contributed by atoms with Gasteiger partial charge in [0, 0.05) is 0 Å². The van der Waals surface area contributed by atoms with Crippen LogP contribution in [0.25, 0.3) is 5.69 Å². The number of hydrogen-bond acceptors (Lipinski definition) is 3. The average molecular weight is 244 g/mol. The minimum Gasteiger partial charge on any atom is -0.465 e. The Morgan fingerprint density at radius 2 is 1.94 bits per heavy atom. The fraction of sp³-hybridized carbons (Fsp3) is 0.286. The van der Waals surface area contributed by atoms with E-state index < -0.39 is 0 Å². The first kappa shape index (κ1) is 12.4. The number of carbonyl (C=O) groups excluding carboxylic acids is 1. The molecule has 0 aliphatic rings. The van der Waals surface area contributed by atoms with E-state index in [1.807, 2.05) is 44.2 Å². The van der Waals surface area contributed by atoms with Gasteiger partial charge in [-0.25, -0.2) is 9.48 Å². The Morgan fingerprint density at radius 1 is 1.28 bits per heavy atom. The summed E-state index contributed by atoms with van der Waals surface area (Å²) in [5, 5.41) is 4.29. The Morgan fingerprint density at radius 3 is 2.50 bits per heavy atom. The van der Waals surface area contributed by atoms with Gasteiger partial charge in [-0.15, -0.1) is 0 Å². The Hall–Kier alpha value is -2.10. The summed E-state index contributed by atoms with van der Waals surface area (Å²) in [5.41, 5.74) is 2.33. The fourth-order valence-corrected chi connectivity index (χ4v) is 1.96. The van der Waals surface area contributed by atoms with Gasteiger partial charge in [0.15, 0.2) is 0 Å². The van der Waals surface area contributed by atoms with Crippen LogP contribution in [0.2, 0.25) is 0 Å². The molecule has 18 heavy (non-hydrogen) atoms. The summed E-state index contributed by atoms with van der Waals surface area (Å²) in [4.78, 5) is 11.7. The lowest BCUT2D eigenvalue weighted by Crippen LogP contribution is -2.09.